The summed E-state index contributed by atoms with van der Waals surface area (Å²) in [4.78, 5) is 25.7. The number of hydrogen-bond donors (Lipinski definition) is 0. The minimum atomic E-state index is -0.295. The maximum Gasteiger partial charge on any atom is 0.325 e. The molecule has 1 saturated carbocycles. The molecule has 0 aromatic carbocycles. The van der Waals surface area contributed by atoms with Gasteiger partial charge in [0.15, 0.2) is 0 Å². The number of rotatable bonds is 7. The second kappa shape index (κ2) is 7.09. The van der Waals surface area contributed by atoms with E-state index in [4.69, 9.17) is 4.74 Å². The minimum Gasteiger partial charge on any atom is -0.465 e. The van der Waals surface area contributed by atoms with Gasteiger partial charge in [0.1, 0.15) is 6.54 Å². The summed E-state index contributed by atoms with van der Waals surface area (Å²) in [5, 5.41) is 0. The van der Waals surface area contributed by atoms with Crippen molar-refractivity contribution in [2.24, 2.45) is 11.3 Å². The van der Waals surface area contributed by atoms with Crippen molar-refractivity contribution in [3.63, 3.8) is 0 Å². The number of amides is 1. The molecule has 4 nitrogen and oxygen atoms in total. The second-order valence-electron chi connectivity index (χ2n) is 7.13. The summed E-state index contributed by atoms with van der Waals surface area (Å²) in [6.45, 7) is 10.9. The van der Waals surface area contributed by atoms with Crippen LogP contribution in [0.4, 0.5) is 0 Å². The number of carbonyl (C=O) groups is 2. The van der Waals surface area contributed by atoms with E-state index in [0.717, 1.165) is 19.3 Å². The second-order valence-corrected chi connectivity index (χ2v) is 7.13. The lowest BCUT2D eigenvalue weighted by atomic mass is 9.84. The predicted molar refractivity (Wildman–Crippen MR) is 79.2 cm³/mol. The normalized spacial score (nSPS) is 16.6. The van der Waals surface area contributed by atoms with Crippen molar-refractivity contribution in [2.75, 3.05) is 13.2 Å². The van der Waals surface area contributed by atoms with Crippen molar-refractivity contribution in [3.05, 3.63) is 0 Å². The van der Waals surface area contributed by atoms with E-state index in [2.05, 4.69) is 27.7 Å². The van der Waals surface area contributed by atoms with E-state index in [9.17, 15) is 9.59 Å². The maximum atomic E-state index is 12.4. The topological polar surface area (TPSA) is 46.6 Å². The van der Waals surface area contributed by atoms with Gasteiger partial charge in [0.05, 0.1) is 6.61 Å². The highest BCUT2D eigenvalue weighted by molar-refractivity contribution is 5.82. The molecule has 1 fully saturated rings. The highest BCUT2D eigenvalue weighted by Crippen LogP contribution is 2.30. The molecule has 1 rings (SSSR count). The van der Waals surface area contributed by atoms with Crippen molar-refractivity contribution < 1.29 is 14.3 Å². The molecular weight excluding hydrogens is 254 g/mol. The van der Waals surface area contributed by atoms with Crippen LogP contribution < -0.4 is 0 Å². The Morgan fingerprint density at radius 1 is 1.30 bits per heavy atom. The number of esters is 1. The van der Waals surface area contributed by atoms with Crippen LogP contribution in [-0.2, 0) is 14.3 Å². The van der Waals surface area contributed by atoms with Crippen molar-refractivity contribution in [3.8, 4) is 0 Å². The molecule has 1 aliphatic carbocycles. The van der Waals surface area contributed by atoms with Gasteiger partial charge < -0.3 is 9.64 Å². The third-order valence-corrected chi connectivity index (χ3v) is 3.40. The average Bonchev–Trinajstić information content (AvgIpc) is 3.06. The van der Waals surface area contributed by atoms with E-state index in [1.54, 1.807) is 11.8 Å². The molecule has 20 heavy (non-hydrogen) atoms. The lowest BCUT2D eigenvalue weighted by Gasteiger charge is -2.26. The van der Waals surface area contributed by atoms with E-state index in [1.165, 1.54) is 0 Å². The van der Waals surface area contributed by atoms with E-state index < -0.39 is 0 Å². The third kappa shape index (κ3) is 6.40. The zero-order chi connectivity index (χ0) is 15.3. The van der Waals surface area contributed by atoms with Gasteiger partial charge in [-0.25, -0.2) is 0 Å². The number of nitrogens with zero attached hydrogens (tertiary/aromatic N) is 1. The number of carbonyl (C=O) groups excluding carboxylic acids is 2. The largest absolute Gasteiger partial charge is 0.465 e. The lowest BCUT2D eigenvalue weighted by Crippen LogP contribution is -2.39. The summed E-state index contributed by atoms with van der Waals surface area (Å²) in [6, 6.07) is 0.258. The van der Waals surface area contributed by atoms with Gasteiger partial charge in [-0.05, 0) is 37.5 Å². The molecule has 1 aliphatic rings. The van der Waals surface area contributed by atoms with Crippen molar-refractivity contribution >= 4 is 11.9 Å². The van der Waals surface area contributed by atoms with Crippen LogP contribution in [0.1, 0.15) is 60.3 Å². The first-order valence-corrected chi connectivity index (χ1v) is 7.68. The van der Waals surface area contributed by atoms with Crippen LogP contribution >= 0.6 is 0 Å². The lowest BCUT2D eigenvalue weighted by molar-refractivity contribution is -0.149. The van der Waals surface area contributed by atoms with E-state index in [0.29, 0.717) is 18.9 Å². The fourth-order valence-electron chi connectivity index (χ4n) is 2.69. The molecule has 0 saturated heterocycles. The smallest absolute Gasteiger partial charge is 0.325 e. The van der Waals surface area contributed by atoms with Crippen LogP contribution in [-0.4, -0.2) is 36.0 Å². The monoisotopic (exact) mass is 283 g/mol. The summed E-state index contributed by atoms with van der Waals surface area (Å²) in [7, 11) is 0. The summed E-state index contributed by atoms with van der Waals surface area (Å²) in [6.07, 6.45) is 3.56. The van der Waals surface area contributed by atoms with Gasteiger partial charge in [0, 0.05) is 12.5 Å². The first kappa shape index (κ1) is 17.0. The van der Waals surface area contributed by atoms with Gasteiger partial charge in [-0.2, -0.15) is 0 Å². The molecule has 0 N–H and O–H groups in total. The summed E-state index contributed by atoms with van der Waals surface area (Å²) in [5.74, 6) is 0.138. The molecule has 1 amide bonds. The Morgan fingerprint density at radius 3 is 2.35 bits per heavy atom. The molecule has 0 aromatic rings. The van der Waals surface area contributed by atoms with Gasteiger partial charge in [-0.15, -0.1) is 0 Å². The van der Waals surface area contributed by atoms with Crippen LogP contribution in [0.25, 0.3) is 0 Å². The summed E-state index contributed by atoms with van der Waals surface area (Å²) in [5.41, 5.74) is 0.227. The summed E-state index contributed by atoms with van der Waals surface area (Å²) >= 11 is 0. The minimum absolute atomic E-state index is 0.0947. The van der Waals surface area contributed by atoms with Crippen molar-refractivity contribution in [1.82, 2.24) is 4.90 Å². The first-order valence-electron chi connectivity index (χ1n) is 7.68. The predicted octanol–water partition coefficient (Wildman–Crippen LogP) is 3.00. The Balaban J connectivity index is 2.50. The third-order valence-electron chi connectivity index (χ3n) is 3.40. The molecule has 0 aliphatic heterocycles. The first-order chi connectivity index (χ1) is 9.23. The van der Waals surface area contributed by atoms with Crippen LogP contribution in [0.2, 0.25) is 0 Å². The quantitative estimate of drug-likeness (QED) is 0.675. The van der Waals surface area contributed by atoms with Gasteiger partial charge in [0.2, 0.25) is 5.91 Å². The molecule has 0 aromatic heterocycles. The zero-order valence-electron chi connectivity index (χ0n) is 13.6. The fourth-order valence-corrected chi connectivity index (χ4v) is 2.69. The Hall–Kier alpha value is -1.06. The molecule has 1 unspecified atom stereocenters. The Morgan fingerprint density at radius 2 is 1.90 bits per heavy atom. The van der Waals surface area contributed by atoms with Gasteiger partial charge in [-0.3, -0.25) is 9.59 Å². The molecular formula is C16H29NO3. The fraction of sp³-hybridized carbons (Fsp3) is 0.875. The average molecular weight is 283 g/mol. The van der Waals surface area contributed by atoms with Gasteiger partial charge >= 0.3 is 5.97 Å². The van der Waals surface area contributed by atoms with E-state index in [-0.39, 0.29) is 29.9 Å². The van der Waals surface area contributed by atoms with Crippen LogP contribution in [0.5, 0.6) is 0 Å². The SMILES string of the molecule is CCOC(=O)CN(C(=O)CC(C)CC(C)(C)C)C1CC1. The van der Waals surface area contributed by atoms with Gasteiger partial charge in [0.25, 0.3) is 0 Å². The van der Waals surface area contributed by atoms with Crippen LogP contribution in [0, 0.1) is 11.3 Å². The standard InChI is InChI=1S/C16H29NO3/c1-6-20-15(19)11-17(13-7-8-13)14(18)9-12(2)10-16(3,4)5/h12-13H,6-11H2,1-5H3. The van der Waals surface area contributed by atoms with E-state index in [1.807, 2.05) is 0 Å². The molecule has 1 atom stereocenters. The highest BCUT2D eigenvalue weighted by atomic mass is 16.5. The number of ether oxygens (including phenoxy) is 1. The summed E-state index contributed by atoms with van der Waals surface area (Å²) < 4.78 is 4.95. The Kier molecular flexibility index (Phi) is 6.03. The van der Waals surface area contributed by atoms with Crippen molar-refractivity contribution in [2.45, 2.75) is 66.3 Å². The zero-order valence-corrected chi connectivity index (χ0v) is 13.6. The molecule has 0 radical (unpaired) electrons. The van der Waals surface area contributed by atoms with Gasteiger partial charge in [-0.1, -0.05) is 27.7 Å². The molecule has 0 spiro atoms. The molecule has 4 heteroatoms. The number of hydrogen-bond acceptors (Lipinski definition) is 3. The van der Waals surface area contributed by atoms with E-state index >= 15 is 0 Å². The van der Waals surface area contributed by atoms with Crippen molar-refractivity contribution in [1.29, 1.82) is 0 Å². The van der Waals surface area contributed by atoms with Crippen LogP contribution in [0.15, 0.2) is 0 Å². The molecule has 116 valence electrons. The Bertz CT molecular complexity index is 342. The highest BCUT2D eigenvalue weighted by Gasteiger charge is 2.34. The maximum absolute atomic E-state index is 12.4. The molecule has 0 heterocycles. The molecule has 0 bridgehead atoms. The van der Waals surface area contributed by atoms with Crippen LogP contribution in [0.3, 0.4) is 0 Å². The Labute approximate surface area is 122 Å².